The Morgan fingerprint density at radius 1 is 1.20 bits per heavy atom. The molecule has 1 N–H and O–H groups in total. The van der Waals surface area contributed by atoms with Crippen LogP contribution < -0.4 is 0 Å². The van der Waals surface area contributed by atoms with E-state index in [1.165, 1.54) is 49.8 Å². The Labute approximate surface area is 93.6 Å². The van der Waals surface area contributed by atoms with Crippen molar-refractivity contribution in [3.63, 3.8) is 0 Å². The zero-order chi connectivity index (χ0) is 11.9. The molecule has 1 aliphatic heterocycles. The third kappa shape index (κ3) is 10.2. The Morgan fingerprint density at radius 2 is 1.60 bits per heavy atom. The maximum absolute atomic E-state index is 9.19. The second-order valence-electron chi connectivity index (χ2n) is 4.58. The van der Waals surface area contributed by atoms with Crippen LogP contribution in [0.25, 0.3) is 0 Å². The van der Waals surface area contributed by atoms with Gasteiger partial charge in [-0.2, -0.15) is 8.42 Å². The number of rotatable bonds is 2. The molecule has 92 valence electrons. The first-order valence-electron chi connectivity index (χ1n) is 5.53. The van der Waals surface area contributed by atoms with Gasteiger partial charge in [0.1, 0.15) is 0 Å². The normalized spacial score (nSPS) is 20.3. The lowest BCUT2D eigenvalue weighted by atomic mass is 10.1. The van der Waals surface area contributed by atoms with E-state index in [2.05, 4.69) is 14.0 Å². The lowest BCUT2D eigenvalue weighted by Gasteiger charge is -2.37. The Hall–Kier alpha value is -0.130. The first-order chi connectivity index (χ1) is 6.77. The van der Waals surface area contributed by atoms with Crippen LogP contribution in [0.4, 0.5) is 0 Å². The number of hydrogen-bond donors (Lipinski definition) is 1. The molecule has 1 saturated heterocycles. The summed E-state index contributed by atoms with van der Waals surface area (Å²) in [4.78, 5) is 0. The predicted octanol–water partition coefficient (Wildman–Crippen LogP) is 1.53. The molecule has 0 amide bonds. The molecule has 0 spiro atoms. The van der Waals surface area contributed by atoms with Crippen LogP contribution in [-0.4, -0.2) is 50.4 Å². The standard InChI is InChI=1S/C9H20N.CH4O3S/c1-3-7-10(2)8-5-4-6-9-10;1-5(2,3)4/h3-9H2,1-2H3;1H3,(H,2,3,4)/q+1;. The van der Waals surface area contributed by atoms with E-state index >= 15 is 0 Å². The average Bonchev–Trinajstić information content (AvgIpc) is 2.02. The van der Waals surface area contributed by atoms with Crippen molar-refractivity contribution in [1.29, 1.82) is 0 Å². The molecule has 1 heterocycles. The molecule has 0 unspecified atom stereocenters. The first-order valence-corrected chi connectivity index (χ1v) is 7.38. The van der Waals surface area contributed by atoms with Gasteiger partial charge in [0, 0.05) is 0 Å². The van der Waals surface area contributed by atoms with Crippen LogP contribution in [0.5, 0.6) is 0 Å². The largest absolute Gasteiger partial charge is 0.326 e. The molecule has 1 fully saturated rings. The number of likely N-dealkylation sites (tertiary alicyclic amines) is 1. The number of nitrogens with zero attached hydrogens (tertiary/aromatic N) is 1. The van der Waals surface area contributed by atoms with Crippen molar-refractivity contribution in [2.45, 2.75) is 32.6 Å². The molecular weight excluding hydrogens is 214 g/mol. The molecule has 0 aliphatic carbocycles. The van der Waals surface area contributed by atoms with Crippen LogP contribution in [0.3, 0.4) is 0 Å². The van der Waals surface area contributed by atoms with Crippen molar-refractivity contribution < 1.29 is 17.5 Å². The van der Waals surface area contributed by atoms with Crippen LogP contribution in [0.2, 0.25) is 0 Å². The van der Waals surface area contributed by atoms with Crippen LogP contribution in [0.1, 0.15) is 32.6 Å². The Bertz CT molecular complexity index is 242. The summed E-state index contributed by atoms with van der Waals surface area (Å²) in [6, 6.07) is 0. The zero-order valence-corrected chi connectivity index (χ0v) is 10.9. The van der Waals surface area contributed by atoms with Gasteiger partial charge in [-0.05, 0) is 25.7 Å². The number of quaternary nitrogens is 1. The van der Waals surface area contributed by atoms with Gasteiger partial charge < -0.3 is 4.48 Å². The van der Waals surface area contributed by atoms with Gasteiger partial charge in [-0.25, -0.2) is 0 Å². The van der Waals surface area contributed by atoms with E-state index in [1.54, 1.807) is 0 Å². The number of piperidine rings is 1. The van der Waals surface area contributed by atoms with Gasteiger partial charge in [0.2, 0.25) is 0 Å². The molecule has 0 atom stereocenters. The van der Waals surface area contributed by atoms with Gasteiger partial charge in [0.25, 0.3) is 10.1 Å². The lowest BCUT2D eigenvalue weighted by molar-refractivity contribution is -0.914. The van der Waals surface area contributed by atoms with Gasteiger partial charge in [-0.15, -0.1) is 0 Å². The van der Waals surface area contributed by atoms with E-state index < -0.39 is 10.1 Å². The highest BCUT2D eigenvalue weighted by Gasteiger charge is 2.22. The summed E-state index contributed by atoms with van der Waals surface area (Å²) in [5.74, 6) is 0. The quantitative estimate of drug-likeness (QED) is 0.586. The van der Waals surface area contributed by atoms with Crippen molar-refractivity contribution in [2.24, 2.45) is 0 Å². The van der Waals surface area contributed by atoms with Gasteiger partial charge >= 0.3 is 0 Å². The van der Waals surface area contributed by atoms with E-state index in [4.69, 9.17) is 4.55 Å². The van der Waals surface area contributed by atoms with Crippen LogP contribution >= 0.6 is 0 Å². The monoisotopic (exact) mass is 238 g/mol. The second kappa shape index (κ2) is 6.45. The van der Waals surface area contributed by atoms with Gasteiger partial charge in [-0.1, -0.05) is 6.92 Å². The highest BCUT2D eigenvalue weighted by atomic mass is 32.2. The second-order valence-corrected chi connectivity index (χ2v) is 6.05. The van der Waals surface area contributed by atoms with E-state index in [9.17, 15) is 8.42 Å². The molecule has 15 heavy (non-hydrogen) atoms. The number of hydrogen-bond acceptors (Lipinski definition) is 2. The van der Waals surface area contributed by atoms with E-state index in [0.717, 1.165) is 0 Å². The summed E-state index contributed by atoms with van der Waals surface area (Å²) >= 11 is 0. The Balaban J connectivity index is 0.000000336. The van der Waals surface area contributed by atoms with E-state index in [-0.39, 0.29) is 0 Å². The third-order valence-corrected chi connectivity index (χ3v) is 2.66. The van der Waals surface area contributed by atoms with E-state index in [0.29, 0.717) is 6.26 Å². The third-order valence-electron chi connectivity index (χ3n) is 2.66. The SMILES string of the molecule is CCC[N+]1(C)CCCCC1.CS(=O)(=O)O. The zero-order valence-electron chi connectivity index (χ0n) is 10.1. The molecule has 0 saturated carbocycles. The predicted molar refractivity (Wildman–Crippen MR) is 62.4 cm³/mol. The molecule has 0 aromatic rings. The molecular formula is C10H24NO3S+. The average molecular weight is 238 g/mol. The maximum atomic E-state index is 9.19. The highest BCUT2D eigenvalue weighted by molar-refractivity contribution is 7.85. The van der Waals surface area contributed by atoms with Crippen molar-refractivity contribution in [3.05, 3.63) is 0 Å². The highest BCUT2D eigenvalue weighted by Crippen LogP contribution is 2.15. The minimum Gasteiger partial charge on any atom is -0.326 e. The molecule has 1 rings (SSSR count). The smallest absolute Gasteiger partial charge is 0.261 e. The van der Waals surface area contributed by atoms with E-state index in [1.807, 2.05) is 0 Å². The van der Waals surface area contributed by atoms with Gasteiger partial charge in [-0.3, -0.25) is 4.55 Å². The molecule has 4 nitrogen and oxygen atoms in total. The van der Waals surface area contributed by atoms with Gasteiger partial charge in [0.15, 0.2) is 0 Å². The van der Waals surface area contributed by atoms with Crippen molar-refractivity contribution >= 4 is 10.1 Å². The molecule has 1 aliphatic rings. The fourth-order valence-corrected chi connectivity index (χ4v) is 2.04. The van der Waals surface area contributed by atoms with Crippen LogP contribution in [0.15, 0.2) is 0 Å². The van der Waals surface area contributed by atoms with Crippen LogP contribution in [0, 0.1) is 0 Å². The Kier molecular flexibility index (Phi) is 6.40. The lowest BCUT2D eigenvalue weighted by Crippen LogP contribution is -2.48. The van der Waals surface area contributed by atoms with Crippen molar-refractivity contribution in [1.82, 2.24) is 0 Å². The summed E-state index contributed by atoms with van der Waals surface area (Å²) in [6.45, 7) is 6.53. The minimum absolute atomic E-state index is 0.715. The van der Waals surface area contributed by atoms with Crippen molar-refractivity contribution in [3.8, 4) is 0 Å². The van der Waals surface area contributed by atoms with Crippen LogP contribution in [-0.2, 0) is 10.1 Å². The fourth-order valence-electron chi connectivity index (χ4n) is 2.04. The molecule has 5 heteroatoms. The summed E-state index contributed by atoms with van der Waals surface area (Å²) in [5, 5.41) is 0. The topological polar surface area (TPSA) is 54.4 Å². The first kappa shape index (κ1) is 14.9. The molecule has 0 radical (unpaired) electrons. The molecule has 0 aromatic carbocycles. The Morgan fingerprint density at radius 3 is 1.93 bits per heavy atom. The van der Waals surface area contributed by atoms with Gasteiger partial charge in [0.05, 0.1) is 32.9 Å². The summed E-state index contributed by atoms with van der Waals surface area (Å²) in [6.07, 6.45) is 6.44. The minimum atomic E-state index is -3.67. The maximum Gasteiger partial charge on any atom is 0.261 e. The summed E-state index contributed by atoms with van der Waals surface area (Å²) in [7, 11) is -1.26. The summed E-state index contributed by atoms with van der Waals surface area (Å²) in [5.41, 5.74) is 0. The fraction of sp³-hybridized carbons (Fsp3) is 1.00. The molecule has 0 bridgehead atoms. The van der Waals surface area contributed by atoms with Crippen molar-refractivity contribution in [2.75, 3.05) is 32.9 Å². The molecule has 0 aromatic heterocycles. The summed E-state index contributed by atoms with van der Waals surface area (Å²) < 4.78 is 27.2.